The number of anilines is 1. The lowest BCUT2D eigenvalue weighted by Gasteiger charge is -2.11. The number of benzene rings is 1. The van der Waals surface area contributed by atoms with Crippen LogP contribution in [0.15, 0.2) is 28.8 Å². The Kier molecular flexibility index (Phi) is 5.17. The zero-order valence-electron chi connectivity index (χ0n) is 12.1. The summed E-state index contributed by atoms with van der Waals surface area (Å²) in [5.74, 6) is 0.633. The molecule has 0 aliphatic carbocycles. The number of nitrogens with one attached hydrogen (secondary N) is 1. The Morgan fingerprint density at radius 3 is 2.95 bits per heavy atom. The van der Waals surface area contributed by atoms with Gasteiger partial charge >= 0.3 is 0 Å². The zero-order chi connectivity index (χ0) is 16.1. The van der Waals surface area contributed by atoms with Crippen LogP contribution in [0.1, 0.15) is 23.8 Å². The molecule has 0 aliphatic rings. The smallest absolute Gasteiger partial charge is 0.238 e. The Labute approximate surface area is 131 Å². The molecule has 1 unspecified atom stereocenters. The average Bonchev–Trinajstić information content (AvgIpc) is 2.91. The summed E-state index contributed by atoms with van der Waals surface area (Å²) >= 11 is 1.28. The van der Waals surface area contributed by atoms with Crippen LogP contribution in [-0.2, 0) is 10.5 Å². The van der Waals surface area contributed by atoms with Crippen molar-refractivity contribution in [2.75, 3.05) is 5.32 Å². The van der Waals surface area contributed by atoms with Gasteiger partial charge in [0.2, 0.25) is 5.91 Å². The molecular weight excluding hydrogens is 305 g/mol. The largest absolute Gasteiger partial charge is 0.360 e. The number of amides is 1. The molecule has 1 amide bonds. The normalized spacial score (nSPS) is 11.7. The van der Waals surface area contributed by atoms with Gasteiger partial charge in [-0.25, -0.2) is 4.39 Å². The first kappa shape index (κ1) is 16.0. The minimum Gasteiger partial charge on any atom is -0.360 e. The van der Waals surface area contributed by atoms with Gasteiger partial charge in [0.15, 0.2) is 5.82 Å². The predicted molar refractivity (Wildman–Crippen MR) is 81.7 cm³/mol. The van der Waals surface area contributed by atoms with Gasteiger partial charge in [-0.05, 0) is 37.6 Å². The molecule has 2 rings (SSSR count). The molecule has 0 spiro atoms. The van der Waals surface area contributed by atoms with E-state index >= 15 is 0 Å². The van der Waals surface area contributed by atoms with Crippen LogP contribution in [0.4, 0.5) is 10.2 Å². The van der Waals surface area contributed by atoms with E-state index in [1.807, 2.05) is 6.07 Å². The number of carbonyl (C=O) groups is 1. The number of halogens is 1. The van der Waals surface area contributed by atoms with Crippen molar-refractivity contribution >= 4 is 23.5 Å². The van der Waals surface area contributed by atoms with Gasteiger partial charge < -0.3 is 9.84 Å². The SMILES string of the molecule is Cc1cc(NC(=O)C(C)SCc2cc(C#N)ccc2F)no1. The summed E-state index contributed by atoms with van der Waals surface area (Å²) in [6, 6.07) is 7.76. The first-order valence-electron chi connectivity index (χ1n) is 6.54. The second kappa shape index (κ2) is 7.09. The summed E-state index contributed by atoms with van der Waals surface area (Å²) < 4.78 is 18.5. The van der Waals surface area contributed by atoms with Gasteiger partial charge in [0.25, 0.3) is 0 Å². The third-order valence-corrected chi connectivity index (χ3v) is 4.10. The van der Waals surface area contributed by atoms with Gasteiger partial charge in [-0.2, -0.15) is 5.26 Å². The number of nitriles is 1. The molecule has 0 saturated carbocycles. The number of hydrogen-bond acceptors (Lipinski definition) is 5. The minimum atomic E-state index is -0.401. The van der Waals surface area contributed by atoms with Gasteiger partial charge in [-0.1, -0.05) is 5.16 Å². The number of aromatic nitrogens is 1. The fourth-order valence-corrected chi connectivity index (χ4v) is 2.56. The number of thioether (sulfide) groups is 1. The number of nitrogens with zero attached hydrogens (tertiary/aromatic N) is 2. The number of hydrogen-bond donors (Lipinski definition) is 1. The molecule has 0 radical (unpaired) electrons. The van der Waals surface area contributed by atoms with Gasteiger partial charge in [-0.15, -0.1) is 11.8 Å². The molecule has 0 bridgehead atoms. The highest BCUT2D eigenvalue weighted by Crippen LogP contribution is 2.22. The highest BCUT2D eigenvalue weighted by molar-refractivity contribution is 7.99. The Bertz CT molecular complexity index is 724. The molecule has 0 aliphatic heterocycles. The van der Waals surface area contributed by atoms with Crippen LogP contribution in [0.2, 0.25) is 0 Å². The molecule has 1 N–H and O–H groups in total. The highest BCUT2D eigenvalue weighted by atomic mass is 32.2. The molecule has 1 atom stereocenters. The fourth-order valence-electron chi connectivity index (χ4n) is 1.70. The maximum Gasteiger partial charge on any atom is 0.238 e. The van der Waals surface area contributed by atoms with E-state index in [4.69, 9.17) is 9.78 Å². The van der Waals surface area contributed by atoms with E-state index in [1.54, 1.807) is 19.9 Å². The maximum absolute atomic E-state index is 13.7. The van der Waals surface area contributed by atoms with Gasteiger partial charge in [0.1, 0.15) is 11.6 Å². The van der Waals surface area contributed by atoms with Crippen molar-refractivity contribution in [1.29, 1.82) is 5.26 Å². The van der Waals surface area contributed by atoms with E-state index in [-0.39, 0.29) is 11.7 Å². The third kappa shape index (κ3) is 4.09. The first-order valence-corrected chi connectivity index (χ1v) is 7.59. The van der Waals surface area contributed by atoms with E-state index in [0.29, 0.717) is 28.5 Å². The van der Waals surface area contributed by atoms with Crippen LogP contribution in [-0.4, -0.2) is 16.3 Å². The monoisotopic (exact) mass is 319 g/mol. The molecule has 0 fully saturated rings. The number of aryl methyl sites for hydroxylation is 1. The molecule has 0 saturated heterocycles. The van der Waals surface area contributed by atoms with Crippen molar-refractivity contribution in [2.24, 2.45) is 0 Å². The van der Waals surface area contributed by atoms with Crippen LogP contribution in [0.25, 0.3) is 0 Å². The second-order valence-corrected chi connectivity index (χ2v) is 6.01. The van der Waals surface area contributed by atoms with Crippen molar-refractivity contribution in [3.05, 3.63) is 47.0 Å². The molecular formula is C15H14FN3O2S. The van der Waals surface area contributed by atoms with Crippen LogP contribution in [0.5, 0.6) is 0 Å². The Balaban J connectivity index is 1.93. The Morgan fingerprint density at radius 1 is 1.55 bits per heavy atom. The highest BCUT2D eigenvalue weighted by Gasteiger charge is 2.16. The molecule has 1 heterocycles. The third-order valence-electron chi connectivity index (χ3n) is 2.91. The maximum atomic E-state index is 13.7. The summed E-state index contributed by atoms with van der Waals surface area (Å²) in [5, 5.41) is 14.7. The van der Waals surface area contributed by atoms with Crippen LogP contribution < -0.4 is 5.32 Å². The minimum absolute atomic E-state index is 0.241. The summed E-state index contributed by atoms with van der Waals surface area (Å²) in [5.41, 5.74) is 0.799. The average molecular weight is 319 g/mol. The summed E-state index contributed by atoms with van der Waals surface area (Å²) in [6.07, 6.45) is 0. The second-order valence-electron chi connectivity index (χ2n) is 4.68. The van der Waals surface area contributed by atoms with Crippen LogP contribution in [0.3, 0.4) is 0 Å². The Morgan fingerprint density at radius 2 is 2.32 bits per heavy atom. The van der Waals surface area contributed by atoms with Crippen molar-refractivity contribution in [3.8, 4) is 6.07 Å². The van der Waals surface area contributed by atoms with Crippen LogP contribution >= 0.6 is 11.8 Å². The number of carbonyl (C=O) groups excluding carboxylic acids is 1. The van der Waals surface area contributed by atoms with Crippen LogP contribution in [0, 0.1) is 24.1 Å². The topological polar surface area (TPSA) is 78.9 Å². The lowest BCUT2D eigenvalue weighted by atomic mass is 10.1. The van der Waals surface area contributed by atoms with Crippen molar-refractivity contribution < 1.29 is 13.7 Å². The molecule has 1 aromatic carbocycles. The van der Waals surface area contributed by atoms with Gasteiger partial charge in [-0.3, -0.25) is 4.79 Å². The molecule has 1 aromatic heterocycles. The quantitative estimate of drug-likeness (QED) is 0.915. The molecule has 5 nitrogen and oxygen atoms in total. The van der Waals surface area contributed by atoms with Crippen molar-refractivity contribution in [1.82, 2.24) is 5.16 Å². The molecule has 7 heteroatoms. The van der Waals surface area contributed by atoms with E-state index in [2.05, 4.69) is 10.5 Å². The lowest BCUT2D eigenvalue weighted by molar-refractivity contribution is -0.115. The fraction of sp³-hybridized carbons (Fsp3) is 0.267. The van der Waals surface area contributed by atoms with Crippen molar-refractivity contribution in [3.63, 3.8) is 0 Å². The standard InChI is InChI=1S/C15H14FN3O2S/c1-9-5-14(19-21-9)18-15(20)10(2)22-8-12-6-11(7-17)3-4-13(12)16/h3-6,10H,8H2,1-2H3,(H,18,19,20). The van der Waals surface area contributed by atoms with E-state index in [0.717, 1.165) is 0 Å². The van der Waals surface area contributed by atoms with Gasteiger partial charge in [0.05, 0.1) is 16.9 Å². The molecule has 2 aromatic rings. The lowest BCUT2D eigenvalue weighted by Crippen LogP contribution is -2.22. The predicted octanol–water partition coefficient (Wildman–Crippen LogP) is 3.25. The number of rotatable bonds is 5. The summed E-state index contributed by atoms with van der Waals surface area (Å²) in [7, 11) is 0. The molecule has 114 valence electrons. The van der Waals surface area contributed by atoms with E-state index in [1.165, 1.54) is 30.0 Å². The first-order chi connectivity index (χ1) is 10.5. The van der Waals surface area contributed by atoms with E-state index < -0.39 is 5.25 Å². The van der Waals surface area contributed by atoms with Gasteiger partial charge in [0, 0.05) is 11.8 Å². The zero-order valence-corrected chi connectivity index (χ0v) is 12.9. The summed E-state index contributed by atoms with van der Waals surface area (Å²) in [4.78, 5) is 12.0. The van der Waals surface area contributed by atoms with E-state index in [9.17, 15) is 9.18 Å². The summed E-state index contributed by atoms with van der Waals surface area (Å²) in [6.45, 7) is 3.45. The molecule has 22 heavy (non-hydrogen) atoms. The Hall–Kier alpha value is -2.33. The van der Waals surface area contributed by atoms with Crippen molar-refractivity contribution in [2.45, 2.75) is 24.9 Å².